The molecule has 1 aromatic rings. The lowest BCUT2D eigenvalue weighted by Gasteiger charge is -2.01. The maximum atomic E-state index is 5.17. The zero-order valence-corrected chi connectivity index (χ0v) is 8.93. The third-order valence-corrected chi connectivity index (χ3v) is 2.26. The molecule has 0 spiro atoms. The van der Waals surface area contributed by atoms with E-state index in [-0.39, 0.29) is 0 Å². The molecule has 0 aromatic carbocycles. The molecule has 0 amide bonds. The summed E-state index contributed by atoms with van der Waals surface area (Å²) in [5, 5.41) is 0. The Labute approximate surface area is 83.9 Å². The van der Waals surface area contributed by atoms with Crippen LogP contribution >= 0.6 is 12.0 Å². The summed E-state index contributed by atoms with van der Waals surface area (Å²) in [5.74, 6) is 0. The molecule has 1 heterocycles. The van der Waals surface area contributed by atoms with Crippen molar-refractivity contribution < 1.29 is 4.18 Å². The Kier molecular flexibility index (Phi) is 4.86. The van der Waals surface area contributed by atoms with Crippen molar-refractivity contribution in [3.05, 3.63) is 29.6 Å². The van der Waals surface area contributed by atoms with E-state index in [2.05, 4.69) is 24.0 Å². The fraction of sp³-hybridized carbons (Fsp3) is 0.500. The van der Waals surface area contributed by atoms with Crippen molar-refractivity contribution in [2.75, 3.05) is 12.9 Å². The molecule has 13 heavy (non-hydrogen) atoms. The highest BCUT2D eigenvalue weighted by atomic mass is 32.2. The predicted octanol–water partition coefficient (Wildman–Crippen LogP) is 2.48. The maximum absolute atomic E-state index is 5.17. The van der Waals surface area contributed by atoms with Crippen molar-refractivity contribution in [3.8, 4) is 0 Å². The first-order valence-electron chi connectivity index (χ1n) is 4.46. The monoisotopic (exact) mass is 197 g/mol. The van der Waals surface area contributed by atoms with Crippen LogP contribution in [0.3, 0.4) is 0 Å². The van der Waals surface area contributed by atoms with Crippen LogP contribution in [-0.2, 0) is 17.0 Å². The lowest BCUT2D eigenvalue weighted by Crippen LogP contribution is -1.96. The van der Waals surface area contributed by atoms with Gasteiger partial charge in [-0.25, -0.2) is 0 Å². The number of pyridine rings is 1. The average Bonchev–Trinajstić information content (AvgIpc) is 2.19. The minimum atomic E-state index is 0.736. The van der Waals surface area contributed by atoms with Crippen molar-refractivity contribution in [1.29, 1.82) is 0 Å². The minimum absolute atomic E-state index is 0.736. The van der Waals surface area contributed by atoms with Crippen molar-refractivity contribution in [1.82, 2.24) is 4.98 Å². The third-order valence-electron chi connectivity index (χ3n) is 1.85. The molecular weight excluding hydrogens is 182 g/mol. The lowest BCUT2D eigenvalue weighted by atomic mass is 10.2. The fourth-order valence-electron chi connectivity index (χ4n) is 1.04. The van der Waals surface area contributed by atoms with Gasteiger partial charge in [-0.1, -0.05) is 13.0 Å². The van der Waals surface area contributed by atoms with Crippen LogP contribution in [0.2, 0.25) is 0 Å². The number of aryl methyl sites for hydroxylation is 1. The van der Waals surface area contributed by atoms with E-state index in [1.807, 2.05) is 12.5 Å². The van der Waals surface area contributed by atoms with Gasteiger partial charge in [-0.2, -0.15) is 0 Å². The second kappa shape index (κ2) is 6.00. The average molecular weight is 197 g/mol. The van der Waals surface area contributed by atoms with Gasteiger partial charge in [-0.15, -0.1) is 0 Å². The minimum Gasteiger partial charge on any atom is -0.315 e. The van der Waals surface area contributed by atoms with Gasteiger partial charge in [0.15, 0.2) is 0 Å². The number of aromatic nitrogens is 1. The van der Waals surface area contributed by atoms with Gasteiger partial charge in [-0.3, -0.25) is 4.98 Å². The largest absolute Gasteiger partial charge is 0.315 e. The van der Waals surface area contributed by atoms with Crippen LogP contribution in [0.5, 0.6) is 0 Å². The van der Waals surface area contributed by atoms with Crippen LogP contribution in [0.15, 0.2) is 18.3 Å². The summed E-state index contributed by atoms with van der Waals surface area (Å²) < 4.78 is 5.17. The van der Waals surface area contributed by atoms with Gasteiger partial charge in [0.2, 0.25) is 0 Å². The predicted molar refractivity (Wildman–Crippen MR) is 56.8 cm³/mol. The summed E-state index contributed by atoms with van der Waals surface area (Å²) >= 11 is 1.40. The number of nitrogens with zero attached hydrogens (tertiary/aromatic N) is 1. The Hall–Kier alpha value is -0.540. The summed E-state index contributed by atoms with van der Waals surface area (Å²) in [6, 6.07) is 4.20. The first kappa shape index (κ1) is 10.5. The summed E-state index contributed by atoms with van der Waals surface area (Å²) in [7, 11) is 0. The van der Waals surface area contributed by atoms with Crippen LogP contribution in [0, 0.1) is 0 Å². The van der Waals surface area contributed by atoms with Crippen molar-refractivity contribution in [3.63, 3.8) is 0 Å². The van der Waals surface area contributed by atoms with Crippen LogP contribution in [0.4, 0.5) is 0 Å². The van der Waals surface area contributed by atoms with Gasteiger partial charge in [0, 0.05) is 24.6 Å². The van der Waals surface area contributed by atoms with Crippen molar-refractivity contribution >= 4 is 12.0 Å². The van der Waals surface area contributed by atoms with Gasteiger partial charge in [-0.05, 0) is 30.1 Å². The molecule has 0 N–H and O–H groups in total. The normalized spacial score (nSPS) is 10.3. The topological polar surface area (TPSA) is 22.1 Å². The van der Waals surface area contributed by atoms with E-state index in [1.165, 1.54) is 17.6 Å². The number of hydrogen-bond acceptors (Lipinski definition) is 3. The molecule has 0 unspecified atom stereocenters. The van der Waals surface area contributed by atoms with Crippen molar-refractivity contribution in [2.45, 2.75) is 19.8 Å². The van der Waals surface area contributed by atoms with E-state index in [0.29, 0.717) is 0 Å². The third kappa shape index (κ3) is 3.79. The first-order valence-corrected chi connectivity index (χ1v) is 5.61. The number of hydrogen-bond donors (Lipinski definition) is 0. The van der Waals surface area contributed by atoms with Crippen molar-refractivity contribution in [2.24, 2.45) is 0 Å². The zero-order valence-electron chi connectivity index (χ0n) is 8.12. The molecule has 0 bridgehead atoms. The fourth-order valence-corrected chi connectivity index (χ4v) is 1.29. The Bertz CT molecular complexity index is 235. The maximum Gasteiger partial charge on any atom is 0.0669 e. The molecule has 0 aliphatic heterocycles. The highest BCUT2D eigenvalue weighted by Gasteiger charge is 1.94. The quantitative estimate of drug-likeness (QED) is 0.535. The molecule has 0 saturated heterocycles. The van der Waals surface area contributed by atoms with Gasteiger partial charge < -0.3 is 4.18 Å². The molecule has 3 heteroatoms. The summed E-state index contributed by atoms with van der Waals surface area (Å²) in [6.45, 7) is 2.87. The van der Waals surface area contributed by atoms with E-state index in [4.69, 9.17) is 4.18 Å². The molecule has 1 aromatic heterocycles. The highest BCUT2D eigenvalue weighted by Crippen LogP contribution is 2.03. The SMILES string of the molecule is CCc1ccc(CCOSC)nc1. The Morgan fingerprint density at radius 2 is 2.31 bits per heavy atom. The molecule has 0 atom stereocenters. The van der Waals surface area contributed by atoms with E-state index in [0.717, 1.165) is 25.1 Å². The zero-order chi connectivity index (χ0) is 9.52. The molecule has 0 fully saturated rings. The molecule has 0 aliphatic rings. The molecule has 72 valence electrons. The van der Waals surface area contributed by atoms with Gasteiger partial charge in [0.05, 0.1) is 6.61 Å². The van der Waals surface area contributed by atoms with Gasteiger partial charge in [0.25, 0.3) is 0 Å². The van der Waals surface area contributed by atoms with E-state index < -0.39 is 0 Å². The smallest absolute Gasteiger partial charge is 0.0669 e. The first-order chi connectivity index (χ1) is 6.36. The van der Waals surface area contributed by atoms with Gasteiger partial charge >= 0.3 is 0 Å². The highest BCUT2D eigenvalue weighted by molar-refractivity contribution is 7.93. The summed E-state index contributed by atoms with van der Waals surface area (Å²) in [5.41, 5.74) is 2.39. The standard InChI is InChI=1S/C10H15NOS/c1-3-9-4-5-10(11-8-9)6-7-12-13-2/h4-5,8H,3,6-7H2,1-2H3. The summed E-state index contributed by atoms with van der Waals surface area (Å²) in [4.78, 5) is 4.33. The van der Waals surface area contributed by atoms with Gasteiger partial charge in [0.1, 0.15) is 0 Å². The van der Waals surface area contributed by atoms with Crippen LogP contribution in [0.1, 0.15) is 18.2 Å². The second-order valence-corrected chi connectivity index (χ2v) is 3.32. The molecule has 2 nitrogen and oxygen atoms in total. The second-order valence-electron chi connectivity index (χ2n) is 2.75. The van der Waals surface area contributed by atoms with E-state index in [1.54, 1.807) is 0 Å². The van der Waals surface area contributed by atoms with Crippen LogP contribution in [0.25, 0.3) is 0 Å². The van der Waals surface area contributed by atoms with Crippen LogP contribution in [-0.4, -0.2) is 17.8 Å². The molecule has 0 radical (unpaired) electrons. The van der Waals surface area contributed by atoms with E-state index >= 15 is 0 Å². The lowest BCUT2D eigenvalue weighted by molar-refractivity contribution is 0.379. The number of rotatable bonds is 5. The van der Waals surface area contributed by atoms with E-state index in [9.17, 15) is 0 Å². The molecule has 0 aliphatic carbocycles. The Morgan fingerprint density at radius 1 is 1.46 bits per heavy atom. The molecule has 1 rings (SSSR count). The Balaban J connectivity index is 2.40. The molecular formula is C10H15NOS. The Morgan fingerprint density at radius 3 is 2.85 bits per heavy atom. The summed E-state index contributed by atoms with van der Waals surface area (Å²) in [6.07, 6.45) is 5.81. The molecule has 0 saturated carbocycles. The van der Waals surface area contributed by atoms with Crippen LogP contribution < -0.4 is 0 Å².